The molecule has 0 radical (unpaired) electrons. The highest BCUT2D eigenvalue weighted by Gasteiger charge is 2.36. The van der Waals surface area contributed by atoms with Crippen LogP contribution in [0.1, 0.15) is 72.5 Å². The molecule has 0 saturated heterocycles. The fourth-order valence-electron chi connectivity index (χ4n) is 5.10. The maximum Gasteiger partial charge on any atom is 0.421 e. The first-order valence-corrected chi connectivity index (χ1v) is 16.2. The van der Waals surface area contributed by atoms with Crippen LogP contribution in [0.4, 0.5) is 36.3 Å². The number of nitrogens with zero attached hydrogens (tertiary/aromatic N) is 2. The molecule has 1 amide bonds. The zero-order valence-corrected chi connectivity index (χ0v) is 25.7. The van der Waals surface area contributed by atoms with Gasteiger partial charge in [0.2, 0.25) is 5.95 Å². The average molecular weight is 636 g/mol. The third kappa shape index (κ3) is 8.56. The van der Waals surface area contributed by atoms with Gasteiger partial charge in [0.1, 0.15) is 11.4 Å². The summed E-state index contributed by atoms with van der Waals surface area (Å²) in [4.78, 5) is 20.8. The van der Waals surface area contributed by atoms with Crippen molar-refractivity contribution in [3.63, 3.8) is 0 Å². The van der Waals surface area contributed by atoms with Crippen molar-refractivity contribution < 1.29 is 36.7 Å². The molecule has 0 spiro atoms. The highest BCUT2D eigenvalue weighted by Crippen LogP contribution is 2.51. The van der Waals surface area contributed by atoms with E-state index in [1.807, 2.05) is 0 Å². The van der Waals surface area contributed by atoms with Gasteiger partial charge in [-0.3, -0.25) is 9.36 Å². The molecular formula is C30H37F3N5O5P. The first-order valence-electron chi connectivity index (χ1n) is 14.4. The number of hydrogen-bond acceptors (Lipinski definition) is 9. The second-order valence-corrected chi connectivity index (χ2v) is 12.4. The molecule has 1 saturated carbocycles. The van der Waals surface area contributed by atoms with Gasteiger partial charge < -0.3 is 30.1 Å². The lowest BCUT2D eigenvalue weighted by molar-refractivity contribution is -0.137. The van der Waals surface area contributed by atoms with Crippen molar-refractivity contribution in [2.75, 3.05) is 30.9 Å². The molecule has 0 aliphatic heterocycles. The number of hydrogen-bond donors (Lipinski definition) is 4. The molecule has 0 unspecified atom stereocenters. The molecule has 238 valence electrons. The Morgan fingerprint density at radius 2 is 1.68 bits per heavy atom. The molecule has 0 atom stereocenters. The van der Waals surface area contributed by atoms with E-state index in [0.29, 0.717) is 30.3 Å². The minimum atomic E-state index is -4.77. The Morgan fingerprint density at radius 1 is 1.02 bits per heavy atom. The highest BCUT2D eigenvalue weighted by atomic mass is 31.2. The van der Waals surface area contributed by atoms with Crippen molar-refractivity contribution in [1.82, 2.24) is 15.3 Å². The number of anilines is 4. The van der Waals surface area contributed by atoms with E-state index < -0.39 is 31.1 Å². The average Bonchev–Trinajstić information content (AvgIpc) is 2.98. The van der Waals surface area contributed by atoms with Crippen molar-refractivity contribution in [2.24, 2.45) is 0 Å². The lowest BCUT2D eigenvalue weighted by Gasteiger charge is -2.26. The van der Waals surface area contributed by atoms with Crippen LogP contribution in [0.5, 0.6) is 0 Å². The number of carbonyl (C=O) groups is 1. The standard InChI is InChI=1S/C30H37F3N5O5P/c1-4-42-44(41,43-5-2)18-19-6-11-22(12-7-19)36-29-35-17-25(30(31,32)33)27(38-29)37-26-15-10-21(16-24(26)28(40)34-3)20-8-13-23(39)14-9-20/h6-7,10-12,15-17,20,23,39H,4-5,8-9,13-14,18H2,1-3H3,(H,34,40)(H2,35,36,37,38). The van der Waals surface area contributed by atoms with Gasteiger partial charge in [-0.05, 0) is 80.8 Å². The lowest BCUT2D eigenvalue weighted by atomic mass is 9.82. The summed E-state index contributed by atoms with van der Waals surface area (Å²) < 4.78 is 65.5. The summed E-state index contributed by atoms with van der Waals surface area (Å²) in [6.07, 6.45) is -1.58. The van der Waals surface area contributed by atoms with Gasteiger partial charge in [0.25, 0.3) is 5.91 Å². The molecule has 4 rings (SSSR count). The summed E-state index contributed by atoms with van der Waals surface area (Å²) in [6.45, 7) is 3.92. The SMILES string of the molecule is CCOP(=O)(Cc1ccc(Nc2ncc(C(F)(F)F)c(Nc3ccc(C4CCC(O)CC4)cc3C(=O)NC)n2)cc1)OCC. The molecule has 0 bridgehead atoms. The highest BCUT2D eigenvalue weighted by molar-refractivity contribution is 7.53. The second-order valence-electron chi connectivity index (χ2n) is 10.4. The van der Waals surface area contributed by atoms with E-state index in [0.717, 1.165) is 18.4 Å². The van der Waals surface area contributed by atoms with Crippen LogP contribution in [0.15, 0.2) is 48.7 Å². The summed E-state index contributed by atoms with van der Waals surface area (Å²) in [5.74, 6) is -0.973. The minimum absolute atomic E-state index is 0.0645. The molecule has 1 aromatic heterocycles. The largest absolute Gasteiger partial charge is 0.421 e. The smallest absolute Gasteiger partial charge is 0.393 e. The third-order valence-corrected chi connectivity index (χ3v) is 9.32. The molecular weight excluding hydrogens is 598 g/mol. The van der Waals surface area contributed by atoms with Crippen LogP contribution in [0, 0.1) is 0 Å². The first-order chi connectivity index (χ1) is 20.9. The van der Waals surface area contributed by atoms with Gasteiger partial charge in [-0.2, -0.15) is 18.2 Å². The molecule has 1 aliphatic rings. The number of carbonyl (C=O) groups excluding carboxylic acids is 1. The number of aliphatic hydroxyl groups is 1. The maximum atomic E-state index is 14.0. The number of aromatic nitrogens is 2. The van der Waals surface area contributed by atoms with Gasteiger partial charge >= 0.3 is 13.8 Å². The van der Waals surface area contributed by atoms with Crippen molar-refractivity contribution in [3.05, 3.63) is 70.9 Å². The van der Waals surface area contributed by atoms with Crippen LogP contribution in [-0.4, -0.2) is 47.3 Å². The predicted molar refractivity (Wildman–Crippen MR) is 162 cm³/mol. The van der Waals surface area contributed by atoms with Gasteiger partial charge in [0.15, 0.2) is 0 Å². The molecule has 14 heteroatoms. The van der Waals surface area contributed by atoms with E-state index in [9.17, 15) is 27.6 Å². The number of alkyl halides is 3. The summed E-state index contributed by atoms with van der Waals surface area (Å²) in [7, 11) is -1.86. The zero-order chi connectivity index (χ0) is 31.9. The Labute approximate surface area is 254 Å². The number of halogens is 3. The van der Waals surface area contributed by atoms with Crippen LogP contribution < -0.4 is 16.0 Å². The maximum absolute atomic E-state index is 14.0. The van der Waals surface area contributed by atoms with E-state index in [1.54, 1.807) is 56.3 Å². The van der Waals surface area contributed by atoms with Gasteiger partial charge in [-0.15, -0.1) is 0 Å². The molecule has 1 aliphatic carbocycles. The zero-order valence-electron chi connectivity index (χ0n) is 24.8. The van der Waals surface area contributed by atoms with E-state index >= 15 is 0 Å². The van der Waals surface area contributed by atoms with Gasteiger partial charge in [-0.25, -0.2) is 4.98 Å². The van der Waals surface area contributed by atoms with E-state index in [-0.39, 0.29) is 48.6 Å². The third-order valence-electron chi connectivity index (χ3n) is 7.27. The Hall–Kier alpha value is -3.51. The van der Waals surface area contributed by atoms with Gasteiger partial charge in [0, 0.05) is 18.9 Å². The van der Waals surface area contributed by atoms with Crippen LogP contribution >= 0.6 is 7.60 Å². The summed E-state index contributed by atoms with van der Waals surface area (Å²) in [5.41, 5.74) is 1.26. The predicted octanol–water partition coefficient (Wildman–Crippen LogP) is 7.13. The number of nitrogens with one attached hydrogen (secondary N) is 3. The normalized spacial score (nSPS) is 17.2. The summed E-state index contributed by atoms with van der Waals surface area (Å²) in [6, 6.07) is 11.7. The Bertz CT molecular complexity index is 1470. The van der Waals surface area contributed by atoms with E-state index in [4.69, 9.17) is 9.05 Å². The fourth-order valence-corrected chi connectivity index (χ4v) is 6.80. The van der Waals surface area contributed by atoms with Crippen LogP contribution in [0.25, 0.3) is 0 Å². The molecule has 44 heavy (non-hydrogen) atoms. The Balaban J connectivity index is 1.59. The number of rotatable bonds is 12. The van der Waals surface area contributed by atoms with Crippen molar-refractivity contribution >= 4 is 36.6 Å². The fraction of sp³-hybridized carbons (Fsp3) is 0.433. The monoisotopic (exact) mass is 635 g/mol. The first kappa shape index (κ1) is 33.4. The quantitative estimate of drug-likeness (QED) is 0.153. The Morgan fingerprint density at radius 3 is 2.27 bits per heavy atom. The second kappa shape index (κ2) is 14.5. The molecule has 10 nitrogen and oxygen atoms in total. The molecule has 1 fully saturated rings. The summed E-state index contributed by atoms with van der Waals surface area (Å²) >= 11 is 0. The summed E-state index contributed by atoms with van der Waals surface area (Å²) in [5, 5.41) is 18.0. The topological polar surface area (TPSA) is 135 Å². The van der Waals surface area contributed by atoms with Crippen LogP contribution in [0.2, 0.25) is 0 Å². The molecule has 1 heterocycles. The van der Waals surface area contributed by atoms with Crippen LogP contribution in [0.3, 0.4) is 0 Å². The lowest BCUT2D eigenvalue weighted by Crippen LogP contribution is -2.21. The van der Waals surface area contributed by atoms with E-state index in [1.165, 1.54) is 7.05 Å². The molecule has 4 N–H and O–H groups in total. The molecule has 3 aromatic rings. The van der Waals surface area contributed by atoms with E-state index in [2.05, 4.69) is 25.9 Å². The van der Waals surface area contributed by atoms with Crippen molar-refractivity contribution in [1.29, 1.82) is 0 Å². The minimum Gasteiger partial charge on any atom is -0.393 e. The van der Waals surface area contributed by atoms with Crippen molar-refractivity contribution in [2.45, 2.75) is 63.9 Å². The Kier molecular flexibility index (Phi) is 11.0. The number of amides is 1. The van der Waals surface area contributed by atoms with Crippen molar-refractivity contribution in [3.8, 4) is 0 Å². The van der Waals surface area contributed by atoms with Gasteiger partial charge in [-0.1, -0.05) is 18.2 Å². The number of benzene rings is 2. The van der Waals surface area contributed by atoms with Crippen LogP contribution in [-0.2, 0) is 26.0 Å². The van der Waals surface area contributed by atoms with Gasteiger partial charge in [0.05, 0.1) is 36.7 Å². The molecule has 2 aromatic carbocycles. The number of aliphatic hydroxyl groups excluding tert-OH is 1.